The molecule has 0 saturated heterocycles. The highest BCUT2D eigenvalue weighted by Crippen LogP contribution is 2.19. The van der Waals surface area contributed by atoms with Crippen LogP contribution < -0.4 is 5.32 Å². The molecule has 1 aromatic carbocycles. The van der Waals surface area contributed by atoms with Gasteiger partial charge in [-0.15, -0.1) is 0 Å². The molecule has 0 spiro atoms. The number of Topliss-reactive ketones (excluding diaryl/α,β-unsaturated/α-hetero) is 1. The van der Waals surface area contributed by atoms with Gasteiger partial charge in [-0.2, -0.15) is 0 Å². The smallest absolute Gasteiger partial charge is 0.307 e. The fourth-order valence-electron chi connectivity index (χ4n) is 2.57. The van der Waals surface area contributed by atoms with Crippen molar-refractivity contribution < 1.29 is 14.3 Å². The second-order valence-electron chi connectivity index (χ2n) is 5.42. The first-order valence-electron chi connectivity index (χ1n) is 7.33. The molecule has 0 aliphatic heterocycles. The van der Waals surface area contributed by atoms with Crippen LogP contribution in [0.4, 0.5) is 0 Å². The Bertz CT molecular complexity index is 500. The van der Waals surface area contributed by atoms with E-state index in [1.165, 1.54) is 7.11 Å². The summed E-state index contributed by atoms with van der Waals surface area (Å²) in [6, 6.07) is 3.46. The van der Waals surface area contributed by atoms with Crippen molar-refractivity contribution in [1.82, 2.24) is 5.32 Å². The molecule has 0 fully saturated rings. The first-order valence-corrected chi connectivity index (χ1v) is 7.33. The lowest BCUT2D eigenvalue weighted by atomic mass is 9.92. The monoisotopic (exact) mass is 291 g/mol. The van der Waals surface area contributed by atoms with Crippen LogP contribution in [0.3, 0.4) is 0 Å². The van der Waals surface area contributed by atoms with E-state index in [4.69, 9.17) is 4.74 Å². The van der Waals surface area contributed by atoms with E-state index in [9.17, 15) is 9.59 Å². The quantitative estimate of drug-likeness (QED) is 0.620. The van der Waals surface area contributed by atoms with Gasteiger partial charge in [-0.25, -0.2) is 0 Å². The molecular weight excluding hydrogens is 266 g/mol. The van der Waals surface area contributed by atoms with Gasteiger partial charge in [0.2, 0.25) is 0 Å². The third kappa shape index (κ3) is 4.67. The zero-order chi connectivity index (χ0) is 16.0. The normalized spacial score (nSPS) is 12.0. The first-order chi connectivity index (χ1) is 9.90. The molecule has 0 amide bonds. The molecular formula is C17H25NO3. The van der Waals surface area contributed by atoms with E-state index in [1.807, 2.05) is 39.8 Å². The fourth-order valence-corrected chi connectivity index (χ4v) is 2.57. The molecule has 1 atom stereocenters. The third-order valence-electron chi connectivity index (χ3n) is 3.48. The Kier molecular flexibility index (Phi) is 6.56. The number of ether oxygens (including phenoxy) is 1. The largest absolute Gasteiger partial charge is 0.469 e. The van der Waals surface area contributed by atoms with Gasteiger partial charge < -0.3 is 10.1 Å². The van der Waals surface area contributed by atoms with E-state index in [0.717, 1.165) is 23.1 Å². The summed E-state index contributed by atoms with van der Waals surface area (Å²) in [5, 5.41) is 3.15. The summed E-state index contributed by atoms with van der Waals surface area (Å²) in [6.07, 6.45) is 0.957. The highest BCUT2D eigenvalue weighted by atomic mass is 16.5. The zero-order valence-corrected chi connectivity index (χ0v) is 13.6. The number of benzene rings is 1. The molecule has 0 saturated carbocycles. The summed E-state index contributed by atoms with van der Waals surface area (Å²) in [4.78, 5) is 24.3. The standard InChI is InChI=1S/C17H25NO3/c1-6-7-18-14(10-15(19)21-5)17(20)16-12(3)8-11(2)9-13(16)4/h8-9,14,18H,6-7,10H2,1-5H3. The number of rotatable bonds is 7. The summed E-state index contributed by atoms with van der Waals surface area (Å²) < 4.78 is 4.70. The maximum Gasteiger partial charge on any atom is 0.307 e. The predicted octanol–water partition coefficient (Wildman–Crippen LogP) is 2.73. The maximum atomic E-state index is 12.8. The number of esters is 1. The van der Waals surface area contributed by atoms with Crippen LogP contribution in [0.25, 0.3) is 0 Å². The molecule has 0 aromatic heterocycles. The van der Waals surface area contributed by atoms with E-state index in [0.29, 0.717) is 12.1 Å². The summed E-state index contributed by atoms with van der Waals surface area (Å²) >= 11 is 0. The van der Waals surface area contributed by atoms with Gasteiger partial charge in [0.15, 0.2) is 5.78 Å². The summed E-state index contributed by atoms with van der Waals surface area (Å²) in [5.74, 6) is -0.414. The highest BCUT2D eigenvalue weighted by molar-refractivity contribution is 6.04. The van der Waals surface area contributed by atoms with Crippen molar-refractivity contribution in [2.75, 3.05) is 13.7 Å². The van der Waals surface area contributed by atoms with Gasteiger partial charge in [0.05, 0.1) is 19.6 Å². The van der Waals surface area contributed by atoms with Crippen molar-refractivity contribution in [1.29, 1.82) is 0 Å². The van der Waals surface area contributed by atoms with Crippen molar-refractivity contribution in [2.45, 2.75) is 46.6 Å². The topological polar surface area (TPSA) is 55.4 Å². The van der Waals surface area contributed by atoms with Crippen LogP contribution in [0.5, 0.6) is 0 Å². The molecule has 1 N–H and O–H groups in total. The Balaban J connectivity index is 3.07. The Morgan fingerprint density at radius 1 is 1.19 bits per heavy atom. The molecule has 1 rings (SSSR count). The average Bonchev–Trinajstić information content (AvgIpc) is 2.41. The Morgan fingerprint density at radius 3 is 2.24 bits per heavy atom. The molecule has 1 aromatic rings. The molecule has 116 valence electrons. The lowest BCUT2D eigenvalue weighted by molar-refractivity contribution is -0.140. The van der Waals surface area contributed by atoms with Crippen LogP contribution in [-0.4, -0.2) is 31.4 Å². The van der Waals surface area contributed by atoms with Crippen molar-refractivity contribution in [3.8, 4) is 0 Å². The van der Waals surface area contributed by atoms with Crippen molar-refractivity contribution in [2.24, 2.45) is 0 Å². The van der Waals surface area contributed by atoms with E-state index in [-0.39, 0.29) is 18.2 Å². The minimum atomic E-state index is -0.530. The number of hydrogen-bond donors (Lipinski definition) is 1. The van der Waals surface area contributed by atoms with E-state index >= 15 is 0 Å². The van der Waals surface area contributed by atoms with E-state index in [2.05, 4.69) is 5.32 Å². The van der Waals surface area contributed by atoms with Crippen LogP contribution in [0.2, 0.25) is 0 Å². The second kappa shape index (κ2) is 7.93. The van der Waals surface area contributed by atoms with Gasteiger partial charge in [0, 0.05) is 5.56 Å². The lowest BCUT2D eigenvalue weighted by Crippen LogP contribution is -2.40. The SMILES string of the molecule is CCCNC(CC(=O)OC)C(=O)c1c(C)cc(C)cc1C. The van der Waals surface area contributed by atoms with E-state index < -0.39 is 6.04 Å². The number of aryl methyl sites for hydroxylation is 3. The molecule has 0 aliphatic carbocycles. The summed E-state index contributed by atoms with van der Waals surface area (Å²) in [6.45, 7) is 8.59. The van der Waals surface area contributed by atoms with Crippen LogP contribution in [-0.2, 0) is 9.53 Å². The fraction of sp³-hybridized carbons (Fsp3) is 0.529. The lowest BCUT2D eigenvalue weighted by Gasteiger charge is -2.19. The van der Waals surface area contributed by atoms with Crippen molar-refractivity contribution >= 4 is 11.8 Å². The van der Waals surface area contributed by atoms with Gasteiger partial charge in [-0.3, -0.25) is 9.59 Å². The first kappa shape index (κ1) is 17.4. The van der Waals surface area contributed by atoms with E-state index in [1.54, 1.807) is 0 Å². The summed E-state index contributed by atoms with van der Waals surface area (Å²) in [7, 11) is 1.34. The molecule has 4 heteroatoms. The molecule has 4 nitrogen and oxygen atoms in total. The molecule has 0 aliphatic rings. The third-order valence-corrected chi connectivity index (χ3v) is 3.48. The maximum absolute atomic E-state index is 12.8. The number of ketones is 1. The molecule has 1 unspecified atom stereocenters. The minimum Gasteiger partial charge on any atom is -0.469 e. The van der Waals surface area contributed by atoms with Gasteiger partial charge in [-0.05, 0) is 44.9 Å². The number of carbonyl (C=O) groups is 2. The Hall–Kier alpha value is -1.68. The van der Waals surface area contributed by atoms with Crippen LogP contribution in [0, 0.1) is 20.8 Å². The predicted molar refractivity (Wildman–Crippen MR) is 83.7 cm³/mol. The molecule has 0 bridgehead atoms. The Labute approximate surface area is 126 Å². The minimum absolute atomic E-state index is 0.0381. The number of nitrogens with one attached hydrogen (secondary N) is 1. The number of methoxy groups -OCH3 is 1. The highest BCUT2D eigenvalue weighted by Gasteiger charge is 2.25. The second-order valence-corrected chi connectivity index (χ2v) is 5.42. The van der Waals surface area contributed by atoms with Crippen molar-refractivity contribution in [3.63, 3.8) is 0 Å². The van der Waals surface area contributed by atoms with Gasteiger partial charge in [0.25, 0.3) is 0 Å². The van der Waals surface area contributed by atoms with Gasteiger partial charge in [0.1, 0.15) is 0 Å². The zero-order valence-electron chi connectivity index (χ0n) is 13.6. The summed E-state index contributed by atoms with van der Waals surface area (Å²) in [5.41, 5.74) is 3.74. The Morgan fingerprint density at radius 2 is 1.76 bits per heavy atom. The number of carbonyl (C=O) groups excluding carboxylic acids is 2. The van der Waals surface area contributed by atoms with Crippen LogP contribution >= 0.6 is 0 Å². The molecule has 0 heterocycles. The van der Waals surface area contributed by atoms with Gasteiger partial charge in [-0.1, -0.05) is 24.6 Å². The van der Waals surface area contributed by atoms with Gasteiger partial charge >= 0.3 is 5.97 Å². The average molecular weight is 291 g/mol. The molecule has 21 heavy (non-hydrogen) atoms. The molecule has 0 radical (unpaired) electrons. The van der Waals surface area contributed by atoms with Crippen molar-refractivity contribution in [3.05, 3.63) is 34.4 Å². The number of hydrogen-bond acceptors (Lipinski definition) is 4. The van der Waals surface area contributed by atoms with Crippen LogP contribution in [0.15, 0.2) is 12.1 Å². The van der Waals surface area contributed by atoms with Crippen LogP contribution in [0.1, 0.15) is 46.8 Å².